The molecule has 5 nitrogen and oxygen atoms in total. The standard InChI is InChI=1S/C17H15Cl2N3O2/c1-11-3-2-4-12(7-11)17(24)20-10-16(23)22-21-9-13-5-6-14(18)8-15(13)19/h2-9H,10H2,1H3,(H,20,24)(H,22,23)/b21-9-. The molecule has 0 atom stereocenters. The first kappa shape index (κ1) is 18.0. The first-order chi connectivity index (χ1) is 11.5. The van der Waals surface area contributed by atoms with E-state index in [0.29, 0.717) is 21.2 Å². The second kappa shape index (κ2) is 8.47. The first-order valence-electron chi connectivity index (χ1n) is 7.07. The van der Waals surface area contributed by atoms with Gasteiger partial charge in [0.2, 0.25) is 0 Å². The molecule has 0 aliphatic heterocycles. The van der Waals surface area contributed by atoms with Crippen LogP contribution in [0.2, 0.25) is 10.0 Å². The van der Waals surface area contributed by atoms with E-state index in [9.17, 15) is 9.59 Å². The van der Waals surface area contributed by atoms with Gasteiger partial charge in [0.15, 0.2) is 0 Å². The average molecular weight is 364 g/mol. The number of halogens is 2. The zero-order valence-electron chi connectivity index (χ0n) is 12.8. The Morgan fingerprint density at radius 2 is 1.96 bits per heavy atom. The van der Waals surface area contributed by atoms with E-state index in [4.69, 9.17) is 23.2 Å². The SMILES string of the molecule is Cc1cccc(C(=O)NCC(=O)N/N=C\c2ccc(Cl)cc2Cl)c1. The third-order valence-corrected chi connectivity index (χ3v) is 3.61. The molecule has 0 aromatic heterocycles. The highest BCUT2D eigenvalue weighted by Crippen LogP contribution is 2.19. The number of benzene rings is 2. The minimum Gasteiger partial charge on any atom is -0.343 e. The number of carbonyl (C=O) groups is 2. The van der Waals surface area contributed by atoms with Crippen molar-refractivity contribution in [3.05, 3.63) is 69.2 Å². The Bertz CT molecular complexity index is 791. The van der Waals surface area contributed by atoms with Gasteiger partial charge in [-0.25, -0.2) is 5.43 Å². The first-order valence-corrected chi connectivity index (χ1v) is 7.83. The average Bonchev–Trinajstić information content (AvgIpc) is 2.54. The minimum absolute atomic E-state index is 0.182. The van der Waals surface area contributed by atoms with Gasteiger partial charge in [-0.05, 0) is 31.2 Å². The highest BCUT2D eigenvalue weighted by atomic mass is 35.5. The van der Waals surface area contributed by atoms with Crippen molar-refractivity contribution in [2.75, 3.05) is 6.54 Å². The van der Waals surface area contributed by atoms with Crippen molar-refractivity contribution in [2.45, 2.75) is 6.92 Å². The third-order valence-electron chi connectivity index (χ3n) is 3.05. The van der Waals surface area contributed by atoms with Gasteiger partial charge in [0.05, 0.1) is 17.8 Å². The Balaban J connectivity index is 1.83. The van der Waals surface area contributed by atoms with Crippen molar-refractivity contribution in [1.29, 1.82) is 0 Å². The van der Waals surface area contributed by atoms with Gasteiger partial charge in [-0.1, -0.05) is 47.0 Å². The molecule has 0 bridgehead atoms. The number of aryl methyl sites for hydroxylation is 1. The van der Waals surface area contributed by atoms with Crippen molar-refractivity contribution in [3.63, 3.8) is 0 Å². The molecule has 0 aliphatic carbocycles. The third kappa shape index (κ3) is 5.37. The fourth-order valence-electron chi connectivity index (χ4n) is 1.87. The molecule has 2 aromatic rings. The normalized spacial score (nSPS) is 10.6. The van der Waals surface area contributed by atoms with Crippen LogP contribution in [0.15, 0.2) is 47.6 Å². The number of amides is 2. The fourth-order valence-corrected chi connectivity index (χ4v) is 2.33. The molecular formula is C17H15Cl2N3O2. The van der Waals surface area contributed by atoms with E-state index in [1.165, 1.54) is 6.21 Å². The lowest BCUT2D eigenvalue weighted by Gasteiger charge is -2.05. The summed E-state index contributed by atoms with van der Waals surface area (Å²) in [6, 6.07) is 12.0. The lowest BCUT2D eigenvalue weighted by molar-refractivity contribution is -0.120. The number of nitrogens with zero attached hydrogens (tertiary/aromatic N) is 1. The van der Waals surface area contributed by atoms with E-state index in [1.54, 1.807) is 36.4 Å². The molecule has 0 fully saturated rings. The maximum Gasteiger partial charge on any atom is 0.259 e. The maximum atomic E-state index is 11.9. The molecular weight excluding hydrogens is 349 g/mol. The van der Waals surface area contributed by atoms with Crippen LogP contribution < -0.4 is 10.7 Å². The molecule has 0 saturated carbocycles. The molecule has 0 aliphatic rings. The summed E-state index contributed by atoms with van der Waals surface area (Å²) in [5.74, 6) is -0.768. The predicted molar refractivity (Wildman–Crippen MR) is 95.7 cm³/mol. The molecule has 124 valence electrons. The molecule has 2 N–H and O–H groups in total. The van der Waals surface area contributed by atoms with Gasteiger partial charge in [0.25, 0.3) is 11.8 Å². The van der Waals surface area contributed by atoms with Crippen molar-refractivity contribution >= 4 is 41.2 Å². The smallest absolute Gasteiger partial charge is 0.259 e. The van der Waals surface area contributed by atoms with E-state index in [2.05, 4.69) is 15.8 Å². The molecule has 0 spiro atoms. The van der Waals surface area contributed by atoms with Crippen molar-refractivity contribution in [2.24, 2.45) is 5.10 Å². The largest absolute Gasteiger partial charge is 0.343 e. The Hall–Kier alpha value is -2.37. The molecule has 2 aromatic carbocycles. The van der Waals surface area contributed by atoms with Crippen LogP contribution in [-0.4, -0.2) is 24.6 Å². The quantitative estimate of drug-likeness (QED) is 0.632. The highest BCUT2D eigenvalue weighted by Gasteiger charge is 2.07. The fraction of sp³-hybridized carbons (Fsp3) is 0.118. The van der Waals surface area contributed by atoms with Gasteiger partial charge in [-0.2, -0.15) is 5.10 Å². The number of hydrogen-bond acceptors (Lipinski definition) is 3. The van der Waals surface area contributed by atoms with E-state index >= 15 is 0 Å². The van der Waals surface area contributed by atoms with Crippen LogP contribution in [0.4, 0.5) is 0 Å². The van der Waals surface area contributed by atoms with Crippen molar-refractivity contribution in [3.8, 4) is 0 Å². The molecule has 2 amide bonds. The second-order valence-electron chi connectivity index (χ2n) is 5.01. The van der Waals surface area contributed by atoms with Crippen LogP contribution in [-0.2, 0) is 4.79 Å². The van der Waals surface area contributed by atoms with Gasteiger partial charge in [0, 0.05) is 16.1 Å². The number of hydrogen-bond donors (Lipinski definition) is 2. The molecule has 2 rings (SSSR count). The summed E-state index contributed by atoms with van der Waals surface area (Å²) in [4.78, 5) is 23.6. The van der Waals surface area contributed by atoms with Gasteiger partial charge in [-0.15, -0.1) is 0 Å². The van der Waals surface area contributed by atoms with E-state index in [1.807, 2.05) is 13.0 Å². The lowest BCUT2D eigenvalue weighted by Crippen LogP contribution is -2.34. The zero-order valence-corrected chi connectivity index (χ0v) is 14.4. The van der Waals surface area contributed by atoms with E-state index in [-0.39, 0.29) is 12.5 Å². The summed E-state index contributed by atoms with van der Waals surface area (Å²) in [6.45, 7) is 1.71. The zero-order chi connectivity index (χ0) is 17.5. The summed E-state index contributed by atoms with van der Waals surface area (Å²) < 4.78 is 0. The molecule has 24 heavy (non-hydrogen) atoms. The summed E-state index contributed by atoms with van der Waals surface area (Å²) in [5.41, 5.74) is 4.40. The van der Waals surface area contributed by atoms with Gasteiger partial charge in [0.1, 0.15) is 0 Å². The highest BCUT2D eigenvalue weighted by molar-refractivity contribution is 6.36. The molecule has 7 heteroatoms. The van der Waals surface area contributed by atoms with Gasteiger partial charge in [-0.3, -0.25) is 9.59 Å². The number of carbonyl (C=O) groups excluding carboxylic acids is 2. The summed E-state index contributed by atoms with van der Waals surface area (Å²) in [6.07, 6.45) is 1.40. The minimum atomic E-state index is -0.447. The second-order valence-corrected chi connectivity index (χ2v) is 5.85. The number of nitrogens with one attached hydrogen (secondary N) is 2. The Labute approximate surface area is 149 Å². The van der Waals surface area contributed by atoms with Crippen LogP contribution in [0, 0.1) is 6.92 Å². The van der Waals surface area contributed by atoms with Crippen molar-refractivity contribution in [1.82, 2.24) is 10.7 Å². The topological polar surface area (TPSA) is 70.6 Å². The maximum absolute atomic E-state index is 11.9. The predicted octanol–water partition coefficient (Wildman–Crippen LogP) is 3.18. The van der Waals surface area contributed by atoms with E-state index in [0.717, 1.165) is 5.56 Å². The van der Waals surface area contributed by atoms with E-state index < -0.39 is 5.91 Å². The molecule has 0 unspecified atom stereocenters. The Morgan fingerprint density at radius 3 is 2.67 bits per heavy atom. The van der Waals surface area contributed by atoms with Crippen LogP contribution >= 0.6 is 23.2 Å². The lowest BCUT2D eigenvalue weighted by atomic mass is 10.1. The van der Waals surface area contributed by atoms with Crippen molar-refractivity contribution < 1.29 is 9.59 Å². The summed E-state index contributed by atoms with van der Waals surface area (Å²) in [7, 11) is 0. The van der Waals surface area contributed by atoms with Crippen LogP contribution in [0.5, 0.6) is 0 Å². The number of hydrazone groups is 1. The van der Waals surface area contributed by atoms with Gasteiger partial charge < -0.3 is 5.32 Å². The molecule has 0 saturated heterocycles. The Kier molecular flexibility index (Phi) is 6.35. The van der Waals surface area contributed by atoms with Crippen LogP contribution in [0.3, 0.4) is 0 Å². The van der Waals surface area contributed by atoms with Gasteiger partial charge >= 0.3 is 0 Å². The Morgan fingerprint density at radius 1 is 1.17 bits per heavy atom. The molecule has 0 radical (unpaired) electrons. The van der Waals surface area contributed by atoms with Crippen LogP contribution in [0.1, 0.15) is 21.5 Å². The molecule has 0 heterocycles. The summed E-state index contributed by atoms with van der Waals surface area (Å²) >= 11 is 11.8. The monoisotopic (exact) mass is 363 g/mol. The number of rotatable bonds is 5. The summed E-state index contributed by atoms with van der Waals surface area (Å²) in [5, 5.41) is 7.26. The van der Waals surface area contributed by atoms with Crippen LogP contribution in [0.25, 0.3) is 0 Å².